The molecule has 78 valence electrons. The molecule has 2 saturated carbocycles. The molecule has 0 bridgehead atoms. The van der Waals surface area contributed by atoms with Crippen LogP contribution < -0.4 is 0 Å². The van der Waals surface area contributed by atoms with Crippen LogP contribution in [0.1, 0.15) is 24.0 Å². The van der Waals surface area contributed by atoms with Crippen molar-refractivity contribution in [2.45, 2.75) is 37.9 Å². The van der Waals surface area contributed by atoms with E-state index in [0.29, 0.717) is 12.2 Å². The Morgan fingerprint density at radius 3 is 2.60 bits per heavy atom. The maximum Gasteiger partial charge on any atom is 0.0642 e. The van der Waals surface area contributed by atoms with Crippen LogP contribution in [0.2, 0.25) is 0 Å². The van der Waals surface area contributed by atoms with Gasteiger partial charge in [-0.15, -0.1) is 0 Å². The summed E-state index contributed by atoms with van der Waals surface area (Å²) in [5, 5.41) is 0. The molecule has 15 heavy (non-hydrogen) atoms. The molecule has 1 aromatic carbocycles. The summed E-state index contributed by atoms with van der Waals surface area (Å²) in [5.41, 5.74) is 3.06. The van der Waals surface area contributed by atoms with Crippen LogP contribution in [0.25, 0.3) is 0 Å². The fourth-order valence-electron chi connectivity index (χ4n) is 2.92. The van der Waals surface area contributed by atoms with Gasteiger partial charge in [0.05, 0.1) is 12.2 Å². The van der Waals surface area contributed by atoms with E-state index < -0.39 is 0 Å². The van der Waals surface area contributed by atoms with Crippen molar-refractivity contribution in [2.24, 2.45) is 11.8 Å². The topological polar surface area (TPSA) is 9.23 Å². The zero-order valence-electron chi connectivity index (χ0n) is 8.86. The molecule has 3 aliphatic rings. The maximum atomic E-state index is 6.12. The van der Waals surface area contributed by atoms with Crippen molar-refractivity contribution < 1.29 is 4.74 Å². The summed E-state index contributed by atoms with van der Waals surface area (Å²) in [5.74, 6) is 1.95. The van der Waals surface area contributed by atoms with Crippen LogP contribution in [0, 0.1) is 11.8 Å². The van der Waals surface area contributed by atoms with Crippen molar-refractivity contribution in [3.8, 4) is 0 Å². The van der Waals surface area contributed by atoms with Gasteiger partial charge in [0.1, 0.15) is 0 Å². The molecular formula is C14H16O. The van der Waals surface area contributed by atoms with E-state index >= 15 is 0 Å². The summed E-state index contributed by atoms with van der Waals surface area (Å²) in [6.07, 6.45) is 6.22. The fraction of sp³-hybridized carbons (Fsp3) is 0.571. The first-order chi connectivity index (χ1) is 7.42. The Kier molecular flexibility index (Phi) is 1.59. The van der Waals surface area contributed by atoms with Crippen LogP contribution in [-0.4, -0.2) is 12.2 Å². The number of hydrogen-bond donors (Lipinski definition) is 0. The minimum Gasteiger partial charge on any atom is -0.374 e. The molecular weight excluding hydrogens is 184 g/mol. The first-order valence-electron chi connectivity index (χ1n) is 6.14. The third-order valence-electron chi connectivity index (χ3n) is 4.25. The minimum absolute atomic E-state index is 0.512. The lowest BCUT2D eigenvalue weighted by atomic mass is 9.90. The molecule has 0 radical (unpaired) electrons. The summed E-state index contributed by atoms with van der Waals surface area (Å²) in [6, 6.07) is 8.82. The highest BCUT2D eigenvalue weighted by Crippen LogP contribution is 2.64. The van der Waals surface area contributed by atoms with Gasteiger partial charge >= 0.3 is 0 Å². The molecule has 4 rings (SSSR count). The minimum atomic E-state index is 0.512. The monoisotopic (exact) mass is 200 g/mol. The highest BCUT2D eigenvalue weighted by atomic mass is 16.5. The second-order valence-corrected chi connectivity index (χ2v) is 5.30. The number of hydrogen-bond acceptors (Lipinski definition) is 1. The van der Waals surface area contributed by atoms with Crippen LogP contribution in [0.15, 0.2) is 24.3 Å². The van der Waals surface area contributed by atoms with Crippen molar-refractivity contribution >= 4 is 0 Å². The van der Waals surface area contributed by atoms with E-state index in [2.05, 4.69) is 24.3 Å². The standard InChI is InChI=1S/C14H16O/c1-2-4-10-7-11(6-5-9(10)3-1)15-14-12-8-13(12)14/h1-4,11-14H,5-8H2. The van der Waals surface area contributed by atoms with Crippen molar-refractivity contribution in [2.75, 3.05) is 0 Å². The lowest BCUT2D eigenvalue weighted by Gasteiger charge is -2.25. The van der Waals surface area contributed by atoms with Gasteiger partial charge in [0.2, 0.25) is 0 Å². The fourth-order valence-corrected chi connectivity index (χ4v) is 2.92. The summed E-state index contributed by atoms with van der Waals surface area (Å²) < 4.78 is 6.12. The maximum absolute atomic E-state index is 6.12. The Balaban J connectivity index is 1.47. The Bertz CT molecular complexity index is 390. The molecule has 3 atom stereocenters. The molecule has 0 amide bonds. The van der Waals surface area contributed by atoms with E-state index in [1.165, 1.54) is 24.8 Å². The number of rotatable bonds is 2. The lowest BCUT2D eigenvalue weighted by Crippen LogP contribution is -2.25. The zero-order valence-corrected chi connectivity index (χ0v) is 8.86. The molecule has 0 heterocycles. The predicted octanol–water partition coefficient (Wildman–Crippen LogP) is 2.58. The molecule has 0 aliphatic heterocycles. The van der Waals surface area contributed by atoms with Crippen molar-refractivity contribution in [1.82, 2.24) is 0 Å². The van der Waals surface area contributed by atoms with E-state index in [9.17, 15) is 0 Å². The number of benzene rings is 1. The SMILES string of the molecule is c1ccc2c(c1)CCC(OC1C3CC31)C2. The predicted molar refractivity (Wildman–Crippen MR) is 58.7 cm³/mol. The Labute approximate surface area is 90.4 Å². The van der Waals surface area contributed by atoms with E-state index in [0.717, 1.165) is 18.3 Å². The first kappa shape index (κ1) is 8.35. The molecule has 0 spiro atoms. The largest absolute Gasteiger partial charge is 0.374 e. The van der Waals surface area contributed by atoms with Crippen LogP contribution in [0.3, 0.4) is 0 Å². The van der Waals surface area contributed by atoms with E-state index in [4.69, 9.17) is 4.74 Å². The zero-order chi connectivity index (χ0) is 9.83. The smallest absolute Gasteiger partial charge is 0.0642 e. The number of aryl methyl sites for hydroxylation is 1. The summed E-state index contributed by atoms with van der Waals surface area (Å²) in [6.45, 7) is 0. The molecule has 3 unspecified atom stereocenters. The van der Waals surface area contributed by atoms with Gasteiger partial charge in [-0.25, -0.2) is 0 Å². The molecule has 1 aromatic rings. The number of ether oxygens (including phenoxy) is 1. The molecule has 0 N–H and O–H groups in total. The van der Waals surface area contributed by atoms with Gasteiger partial charge in [-0.3, -0.25) is 0 Å². The Morgan fingerprint density at radius 1 is 1.07 bits per heavy atom. The van der Waals surface area contributed by atoms with Gasteiger partial charge < -0.3 is 4.74 Å². The van der Waals surface area contributed by atoms with Crippen molar-refractivity contribution in [3.63, 3.8) is 0 Å². The van der Waals surface area contributed by atoms with E-state index in [-0.39, 0.29) is 0 Å². The Hall–Kier alpha value is -0.820. The lowest BCUT2D eigenvalue weighted by molar-refractivity contribution is 0.00636. The first-order valence-corrected chi connectivity index (χ1v) is 6.14. The van der Waals surface area contributed by atoms with Crippen LogP contribution in [0.4, 0.5) is 0 Å². The van der Waals surface area contributed by atoms with E-state index in [1.807, 2.05) is 0 Å². The summed E-state index contributed by atoms with van der Waals surface area (Å²) in [7, 11) is 0. The highest BCUT2D eigenvalue weighted by Gasteiger charge is 2.66. The van der Waals surface area contributed by atoms with Crippen LogP contribution in [0.5, 0.6) is 0 Å². The average molecular weight is 200 g/mol. The summed E-state index contributed by atoms with van der Waals surface area (Å²) in [4.78, 5) is 0. The van der Waals surface area contributed by atoms with Gasteiger partial charge in [0, 0.05) is 0 Å². The van der Waals surface area contributed by atoms with Gasteiger partial charge in [0.25, 0.3) is 0 Å². The quantitative estimate of drug-likeness (QED) is 0.713. The molecule has 0 aromatic heterocycles. The number of fused-ring (bicyclic) bond motifs is 2. The highest BCUT2D eigenvalue weighted by molar-refractivity contribution is 5.30. The molecule has 3 aliphatic carbocycles. The summed E-state index contributed by atoms with van der Waals surface area (Å²) >= 11 is 0. The van der Waals surface area contributed by atoms with E-state index in [1.54, 1.807) is 5.56 Å². The molecule has 0 saturated heterocycles. The van der Waals surface area contributed by atoms with Gasteiger partial charge in [-0.1, -0.05) is 24.3 Å². The Morgan fingerprint density at radius 2 is 1.87 bits per heavy atom. The third kappa shape index (κ3) is 1.33. The molecule has 1 heteroatoms. The van der Waals surface area contributed by atoms with Crippen molar-refractivity contribution in [3.05, 3.63) is 35.4 Å². The van der Waals surface area contributed by atoms with Gasteiger partial charge in [-0.2, -0.15) is 0 Å². The second-order valence-electron chi connectivity index (χ2n) is 5.30. The third-order valence-corrected chi connectivity index (χ3v) is 4.25. The van der Waals surface area contributed by atoms with Gasteiger partial charge in [0.15, 0.2) is 0 Å². The molecule has 1 nitrogen and oxygen atoms in total. The average Bonchev–Trinajstić information content (AvgIpc) is 3.16. The molecule has 2 fully saturated rings. The normalized spacial score (nSPS) is 40.5. The van der Waals surface area contributed by atoms with Gasteiger partial charge in [-0.05, 0) is 48.6 Å². The van der Waals surface area contributed by atoms with Crippen molar-refractivity contribution in [1.29, 1.82) is 0 Å². The van der Waals surface area contributed by atoms with Crippen LogP contribution >= 0.6 is 0 Å². The van der Waals surface area contributed by atoms with Crippen LogP contribution in [-0.2, 0) is 17.6 Å². The second kappa shape index (κ2) is 2.85.